The Balaban J connectivity index is 1.29. The van der Waals surface area contributed by atoms with Crippen molar-refractivity contribution >= 4 is 33.9 Å². The molecule has 0 unspecified atom stereocenters. The molecule has 1 saturated heterocycles. The third-order valence-electron chi connectivity index (χ3n) is 10.8. The SMILES string of the molecule is COc1cc(C(=O)N[C@H]2CNCC[C@@H]2F)cc2nc(-c3cc4ccc5nc4n3C[C@H]3C[C@H]3CCC[C@](C)(C(F)(F)F)C(=O)N[C@@H]5C)n(C)c12. The Kier molecular flexibility index (Phi) is 8.35. The number of hydrogen-bond donors (Lipinski definition) is 3. The largest absolute Gasteiger partial charge is 0.494 e. The highest BCUT2D eigenvalue weighted by molar-refractivity contribution is 6.00. The van der Waals surface area contributed by atoms with Gasteiger partial charge in [-0.05, 0) is 81.8 Å². The Morgan fingerprint density at radius 1 is 1.14 bits per heavy atom. The summed E-state index contributed by atoms with van der Waals surface area (Å²) in [7, 11) is 3.39. The Morgan fingerprint density at radius 2 is 1.94 bits per heavy atom. The summed E-state index contributed by atoms with van der Waals surface area (Å²) in [6, 6.07) is 7.50. The Bertz CT molecular complexity index is 1940. The molecule has 0 radical (unpaired) electrons. The summed E-state index contributed by atoms with van der Waals surface area (Å²) >= 11 is 0. The second-order valence-corrected chi connectivity index (χ2v) is 14.1. The molecule has 5 heterocycles. The molecule has 2 amide bonds. The number of nitrogens with zero attached hydrogens (tertiary/aromatic N) is 4. The van der Waals surface area contributed by atoms with Gasteiger partial charge in [-0.2, -0.15) is 13.2 Å². The van der Waals surface area contributed by atoms with Crippen LogP contribution in [0.4, 0.5) is 17.6 Å². The Morgan fingerprint density at radius 3 is 2.67 bits per heavy atom. The van der Waals surface area contributed by atoms with Crippen molar-refractivity contribution in [1.29, 1.82) is 0 Å². The van der Waals surface area contributed by atoms with Gasteiger partial charge in [-0.15, -0.1) is 0 Å². The number of amides is 2. The molecule has 2 bridgehead atoms. The van der Waals surface area contributed by atoms with E-state index in [1.165, 1.54) is 7.11 Å². The Hall–Kier alpha value is -4.20. The molecule has 10 nitrogen and oxygen atoms in total. The topological polar surface area (TPSA) is 115 Å². The van der Waals surface area contributed by atoms with Crippen LogP contribution < -0.4 is 20.7 Å². The van der Waals surface area contributed by atoms with Gasteiger partial charge in [0, 0.05) is 31.1 Å². The van der Waals surface area contributed by atoms with Crippen LogP contribution >= 0.6 is 0 Å². The molecule has 262 valence electrons. The molecule has 1 saturated carbocycles. The van der Waals surface area contributed by atoms with Crippen molar-refractivity contribution in [3.05, 3.63) is 41.6 Å². The maximum Gasteiger partial charge on any atom is 0.402 e. The molecule has 2 fully saturated rings. The number of piperidine rings is 1. The van der Waals surface area contributed by atoms with Crippen LogP contribution in [-0.2, 0) is 18.4 Å². The zero-order valence-corrected chi connectivity index (χ0v) is 28.0. The average Bonchev–Trinajstić information content (AvgIpc) is 3.58. The van der Waals surface area contributed by atoms with Crippen molar-refractivity contribution in [2.45, 2.75) is 76.9 Å². The molecule has 3 aromatic heterocycles. The quantitative estimate of drug-likeness (QED) is 0.242. The fraction of sp³-hybridized carbons (Fsp3) is 0.543. The number of benzene rings is 1. The summed E-state index contributed by atoms with van der Waals surface area (Å²) in [5, 5.41) is 9.34. The molecule has 0 spiro atoms. The highest BCUT2D eigenvalue weighted by Gasteiger charge is 2.56. The van der Waals surface area contributed by atoms with E-state index in [0.29, 0.717) is 78.4 Å². The van der Waals surface area contributed by atoms with Crippen molar-refractivity contribution in [3.63, 3.8) is 0 Å². The first-order chi connectivity index (χ1) is 23.3. The van der Waals surface area contributed by atoms with E-state index in [1.807, 2.05) is 23.7 Å². The third-order valence-corrected chi connectivity index (χ3v) is 10.8. The maximum absolute atomic E-state index is 14.5. The van der Waals surface area contributed by atoms with Crippen LogP contribution in [0.15, 0.2) is 30.3 Å². The van der Waals surface area contributed by atoms with Gasteiger partial charge < -0.3 is 29.8 Å². The van der Waals surface area contributed by atoms with E-state index in [1.54, 1.807) is 25.1 Å². The van der Waals surface area contributed by atoms with Gasteiger partial charge in [0.15, 0.2) is 5.82 Å². The second-order valence-electron chi connectivity index (χ2n) is 14.1. The van der Waals surface area contributed by atoms with Gasteiger partial charge in [-0.1, -0.05) is 12.8 Å². The minimum atomic E-state index is -4.68. The summed E-state index contributed by atoms with van der Waals surface area (Å²) in [5.41, 5.74) is 0.914. The van der Waals surface area contributed by atoms with E-state index in [0.717, 1.165) is 24.4 Å². The monoisotopic (exact) mass is 683 g/mol. The van der Waals surface area contributed by atoms with Gasteiger partial charge in [0.05, 0.1) is 36.1 Å². The zero-order chi connectivity index (χ0) is 34.8. The minimum Gasteiger partial charge on any atom is -0.494 e. The average molecular weight is 684 g/mol. The van der Waals surface area contributed by atoms with Crippen LogP contribution in [0, 0.1) is 17.3 Å². The van der Waals surface area contributed by atoms with Crippen molar-refractivity contribution in [2.75, 3.05) is 20.2 Å². The fourth-order valence-corrected chi connectivity index (χ4v) is 7.45. The predicted molar refractivity (Wildman–Crippen MR) is 176 cm³/mol. The molecular formula is C35H41F4N7O3. The van der Waals surface area contributed by atoms with E-state index in [9.17, 15) is 27.2 Å². The van der Waals surface area contributed by atoms with Gasteiger partial charge in [0.1, 0.15) is 28.5 Å². The number of carbonyl (C=O) groups excluding carboxylic acids is 2. The minimum absolute atomic E-state index is 0.235. The van der Waals surface area contributed by atoms with Gasteiger partial charge in [0.25, 0.3) is 5.91 Å². The summed E-state index contributed by atoms with van der Waals surface area (Å²) < 4.78 is 66.9. The number of rotatable bonds is 4. The number of imidazole rings is 1. The first-order valence-electron chi connectivity index (χ1n) is 16.9. The number of hydrogen-bond acceptors (Lipinski definition) is 6. The number of ether oxygens (including phenoxy) is 1. The van der Waals surface area contributed by atoms with Gasteiger partial charge in [-0.3, -0.25) is 9.59 Å². The van der Waals surface area contributed by atoms with Crippen LogP contribution in [0.2, 0.25) is 0 Å². The smallest absolute Gasteiger partial charge is 0.402 e. The highest BCUT2D eigenvalue weighted by atomic mass is 19.4. The number of methoxy groups -OCH3 is 1. The van der Waals surface area contributed by atoms with Crippen molar-refractivity contribution < 1.29 is 31.9 Å². The van der Waals surface area contributed by atoms with E-state index in [-0.39, 0.29) is 18.3 Å². The molecule has 14 heteroatoms. The first-order valence-corrected chi connectivity index (χ1v) is 16.9. The van der Waals surface area contributed by atoms with Crippen molar-refractivity contribution in [3.8, 4) is 17.3 Å². The lowest BCUT2D eigenvalue weighted by Gasteiger charge is -2.32. The molecule has 4 aromatic rings. The molecule has 2 aliphatic heterocycles. The molecule has 3 aliphatic rings. The van der Waals surface area contributed by atoms with Gasteiger partial charge in [0.2, 0.25) is 5.91 Å². The van der Waals surface area contributed by atoms with Crippen LogP contribution in [0.25, 0.3) is 33.6 Å². The maximum atomic E-state index is 14.5. The van der Waals surface area contributed by atoms with Gasteiger partial charge in [-0.25, -0.2) is 14.4 Å². The Labute approximate surface area is 281 Å². The molecule has 1 aliphatic carbocycles. The van der Waals surface area contributed by atoms with E-state index < -0.39 is 41.7 Å². The van der Waals surface area contributed by atoms with E-state index in [2.05, 4.69) is 20.5 Å². The van der Waals surface area contributed by atoms with Gasteiger partial charge >= 0.3 is 6.18 Å². The summed E-state index contributed by atoms with van der Waals surface area (Å²) in [6.07, 6.45) is -4.01. The van der Waals surface area contributed by atoms with Crippen LogP contribution in [0.5, 0.6) is 5.75 Å². The van der Waals surface area contributed by atoms with Crippen LogP contribution in [0.1, 0.15) is 68.0 Å². The number of aryl methyl sites for hydroxylation is 1. The van der Waals surface area contributed by atoms with Crippen LogP contribution in [-0.4, -0.2) is 69.5 Å². The number of pyridine rings is 1. The first kappa shape index (κ1) is 33.3. The number of fused-ring (bicyclic) bond motifs is 3. The standard InChI is InChI=1S/C35H41F4N7O3/c1-18-24-8-7-20-14-27(46(30(20)42-24)17-22-12-19(22)6-5-10-34(2,33(48)41-18)35(37,38)39)31-43-25-13-21(15-28(49-4)29(25)45(31)3)32(47)44-26-16-40-11-9-23(26)36/h7-8,13-15,18-19,22-23,26,40H,5-6,9-12,16-17H2,1-4H3,(H,41,48)(H,44,47)/t18-,19-,22-,23+,26+,34+/m1/s1. The fourth-order valence-electron chi connectivity index (χ4n) is 7.45. The van der Waals surface area contributed by atoms with Crippen LogP contribution in [0.3, 0.4) is 0 Å². The third kappa shape index (κ3) is 5.91. The second kappa shape index (κ2) is 12.3. The lowest BCUT2D eigenvalue weighted by atomic mass is 9.82. The molecule has 49 heavy (non-hydrogen) atoms. The van der Waals surface area contributed by atoms with E-state index >= 15 is 0 Å². The van der Waals surface area contributed by atoms with Crippen molar-refractivity contribution in [2.24, 2.45) is 24.3 Å². The van der Waals surface area contributed by atoms with Crippen molar-refractivity contribution in [1.82, 2.24) is 35.1 Å². The predicted octanol–water partition coefficient (Wildman–Crippen LogP) is 5.59. The number of carbonyl (C=O) groups is 2. The number of aromatic nitrogens is 4. The van der Waals surface area contributed by atoms with E-state index in [4.69, 9.17) is 14.7 Å². The molecule has 6 atom stereocenters. The highest BCUT2D eigenvalue weighted by Crippen LogP contribution is 2.48. The zero-order valence-electron chi connectivity index (χ0n) is 28.0. The lowest BCUT2D eigenvalue weighted by Crippen LogP contribution is -2.52. The summed E-state index contributed by atoms with van der Waals surface area (Å²) in [6.45, 7) is 4.15. The molecule has 7 rings (SSSR count). The summed E-state index contributed by atoms with van der Waals surface area (Å²) in [4.78, 5) is 36.3. The number of halogens is 4. The lowest BCUT2D eigenvalue weighted by molar-refractivity contribution is -0.219. The molecule has 3 N–H and O–H groups in total. The molecular weight excluding hydrogens is 642 g/mol. The normalized spacial score (nSPS) is 27.8. The number of nitrogens with one attached hydrogen (secondary N) is 3. The number of alkyl halides is 4. The molecule has 1 aromatic carbocycles. The summed E-state index contributed by atoms with van der Waals surface area (Å²) in [5.74, 6) is 0.0693.